The summed E-state index contributed by atoms with van der Waals surface area (Å²) in [6, 6.07) is 2.92. The lowest BCUT2D eigenvalue weighted by atomic mass is 9.88. The van der Waals surface area contributed by atoms with Crippen molar-refractivity contribution in [3.63, 3.8) is 0 Å². The predicted molar refractivity (Wildman–Crippen MR) is 65.1 cm³/mol. The zero-order valence-corrected chi connectivity index (χ0v) is 11.0. The zero-order valence-electron chi connectivity index (χ0n) is 11.0. The third-order valence-corrected chi connectivity index (χ3v) is 3.46. The highest BCUT2D eigenvalue weighted by Crippen LogP contribution is 2.26. The van der Waals surface area contributed by atoms with Gasteiger partial charge in [-0.25, -0.2) is 0 Å². The second kappa shape index (κ2) is 5.16. The largest absolute Gasteiger partial charge is 0.379 e. The topological polar surface area (TPSA) is 45.0 Å². The maximum atomic E-state index is 9.34. The molecule has 1 saturated carbocycles. The van der Waals surface area contributed by atoms with E-state index in [9.17, 15) is 5.26 Å². The Morgan fingerprint density at radius 1 is 1.31 bits per heavy atom. The molecule has 0 aliphatic heterocycles. The van der Waals surface area contributed by atoms with Crippen molar-refractivity contribution >= 4 is 0 Å². The quantitative estimate of drug-likeness (QED) is 0.780. The number of rotatable bonds is 5. The van der Waals surface area contributed by atoms with E-state index >= 15 is 0 Å². The molecule has 0 aromatic carbocycles. The SMILES string of the molecule is COC(C)(C)CC(C)(C#N)NC1CCCC1. The van der Waals surface area contributed by atoms with Crippen molar-refractivity contribution in [1.82, 2.24) is 5.32 Å². The van der Waals surface area contributed by atoms with Gasteiger partial charge in [0.15, 0.2) is 0 Å². The van der Waals surface area contributed by atoms with Gasteiger partial charge in [0.25, 0.3) is 0 Å². The number of methoxy groups -OCH3 is 1. The minimum atomic E-state index is -0.478. The zero-order chi connectivity index (χ0) is 12.2. The van der Waals surface area contributed by atoms with Crippen LogP contribution in [0.3, 0.4) is 0 Å². The minimum absolute atomic E-state index is 0.254. The van der Waals surface area contributed by atoms with Gasteiger partial charge in [0, 0.05) is 19.6 Å². The highest BCUT2D eigenvalue weighted by molar-refractivity contribution is 5.08. The first-order valence-corrected chi connectivity index (χ1v) is 6.15. The summed E-state index contributed by atoms with van der Waals surface area (Å²) in [5, 5.41) is 12.8. The van der Waals surface area contributed by atoms with E-state index in [4.69, 9.17) is 4.74 Å². The molecule has 1 aliphatic rings. The van der Waals surface area contributed by atoms with Crippen LogP contribution in [-0.2, 0) is 4.74 Å². The molecule has 0 aromatic rings. The molecule has 0 bridgehead atoms. The predicted octanol–water partition coefficient (Wildman–Crippen LogP) is 2.62. The smallest absolute Gasteiger partial charge is 0.106 e. The normalized spacial score (nSPS) is 21.7. The Hall–Kier alpha value is -0.590. The molecule has 0 radical (unpaired) electrons. The van der Waals surface area contributed by atoms with Gasteiger partial charge >= 0.3 is 0 Å². The van der Waals surface area contributed by atoms with E-state index in [1.165, 1.54) is 25.7 Å². The van der Waals surface area contributed by atoms with Crippen LogP contribution in [0, 0.1) is 11.3 Å². The van der Waals surface area contributed by atoms with E-state index in [-0.39, 0.29) is 5.60 Å². The first kappa shape index (κ1) is 13.5. The summed E-state index contributed by atoms with van der Waals surface area (Å²) < 4.78 is 5.41. The van der Waals surface area contributed by atoms with Gasteiger partial charge in [0.2, 0.25) is 0 Å². The van der Waals surface area contributed by atoms with Gasteiger partial charge in [-0.3, -0.25) is 5.32 Å². The van der Waals surface area contributed by atoms with Crippen LogP contribution in [0.2, 0.25) is 0 Å². The van der Waals surface area contributed by atoms with E-state index < -0.39 is 5.54 Å². The first-order valence-electron chi connectivity index (χ1n) is 6.15. The highest BCUT2D eigenvalue weighted by atomic mass is 16.5. The van der Waals surface area contributed by atoms with Crippen molar-refractivity contribution < 1.29 is 4.74 Å². The molecular weight excluding hydrogens is 200 g/mol. The summed E-state index contributed by atoms with van der Waals surface area (Å²) >= 11 is 0. The fourth-order valence-electron chi connectivity index (χ4n) is 2.57. The van der Waals surface area contributed by atoms with Crippen LogP contribution < -0.4 is 5.32 Å². The van der Waals surface area contributed by atoms with E-state index in [1.54, 1.807) is 7.11 Å². The van der Waals surface area contributed by atoms with Crippen LogP contribution in [-0.4, -0.2) is 24.3 Å². The van der Waals surface area contributed by atoms with Crippen LogP contribution in [0.1, 0.15) is 52.9 Å². The highest BCUT2D eigenvalue weighted by Gasteiger charge is 2.34. The van der Waals surface area contributed by atoms with Crippen molar-refractivity contribution in [3.8, 4) is 6.07 Å². The molecule has 3 heteroatoms. The Morgan fingerprint density at radius 2 is 1.88 bits per heavy atom. The van der Waals surface area contributed by atoms with Gasteiger partial charge in [-0.15, -0.1) is 0 Å². The molecule has 1 atom stereocenters. The number of hydrogen-bond acceptors (Lipinski definition) is 3. The Kier molecular flexibility index (Phi) is 4.35. The Bertz CT molecular complexity index is 264. The molecule has 0 heterocycles. The Labute approximate surface area is 99.2 Å². The Balaban J connectivity index is 2.59. The third kappa shape index (κ3) is 3.77. The van der Waals surface area contributed by atoms with Gasteiger partial charge in [0.1, 0.15) is 5.54 Å². The van der Waals surface area contributed by atoms with Crippen molar-refractivity contribution in [1.29, 1.82) is 5.26 Å². The molecule has 3 nitrogen and oxygen atoms in total. The maximum absolute atomic E-state index is 9.34. The Morgan fingerprint density at radius 3 is 2.31 bits per heavy atom. The third-order valence-electron chi connectivity index (χ3n) is 3.46. The fraction of sp³-hybridized carbons (Fsp3) is 0.923. The maximum Gasteiger partial charge on any atom is 0.106 e. The molecule has 1 rings (SSSR count). The lowest BCUT2D eigenvalue weighted by Crippen LogP contribution is -2.50. The van der Waals surface area contributed by atoms with Crippen molar-refractivity contribution in [3.05, 3.63) is 0 Å². The molecule has 92 valence electrons. The van der Waals surface area contributed by atoms with Crippen molar-refractivity contribution in [2.45, 2.75) is 70.1 Å². The molecule has 1 fully saturated rings. The summed E-state index contributed by atoms with van der Waals surface area (Å²) in [6.07, 6.45) is 5.68. The average molecular weight is 224 g/mol. The molecule has 0 spiro atoms. The van der Waals surface area contributed by atoms with E-state index in [0.717, 1.165) is 0 Å². The van der Waals surface area contributed by atoms with Crippen LogP contribution in [0.5, 0.6) is 0 Å². The van der Waals surface area contributed by atoms with Crippen LogP contribution in [0.15, 0.2) is 0 Å². The van der Waals surface area contributed by atoms with E-state index in [2.05, 4.69) is 11.4 Å². The van der Waals surface area contributed by atoms with Crippen molar-refractivity contribution in [2.24, 2.45) is 0 Å². The molecule has 1 unspecified atom stereocenters. The van der Waals surface area contributed by atoms with Crippen LogP contribution in [0.25, 0.3) is 0 Å². The second-order valence-corrected chi connectivity index (χ2v) is 5.71. The molecule has 1 aliphatic carbocycles. The minimum Gasteiger partial charge on any atom is -0.379 e. The molecule has 0 aromatic heterocycles. The number of hydrogen-bond donors (Lipinski definition) is 1. The summed E-state index contributed by atoms with van der Waals surface area (Å²) in [5.74, 6) is 0. The van der Waals surface area contributed by atoms with Gasteiger partial charge in [-0.05, 0) is 33.6 Å². The molecule has 16 heavy (non-hydrogen) atoms. The molecular formula is C13H24N2O. The summed E-state index contributed by atoms with van der Waals surface area (Å²) in [5.41, 5.74) is -0.732. The van der Waals surface area contributed by atoms with Gasteiger partial charge in [-0.2, -0.15) is 5.26 Å². The number of nitriles is 1. The monoisotopic (exact) mass is 224 g/mol. The first-order chi connectivity index (χ1) is 7.41. The number of ether oxygens (including phenoxy) is 1. The van der Waals surface area contributed by atoms with Gasteiger partial charge < -0.3 is 4.74 Å². The number of nitrogens with one attached hydrogen (secondary N) is 1. The van der Waals surface area contributed by atoms with Crippen molar-refractivity contribution in [2.75, 3.05) is 7.11 Å². The fourth-order valence-corrected chi connectivity index (χ4v) is 2.57. The summed E-state index contributed by atoms with van der Waals surface area (Å²) in [4.78, 5) is 0. The second-order valence-electron chi connectivity index (χ2n) is 5.71. The average Bonchev–Trinajstić information content (AvgIpc) is 2.69. The van der Waals surface area contributed by atoms with Crippen LogP contribution >= 0.6 is 0 Å². The van der Waals surface area contributed by atoms with Gasteiger partial charge in [-0.1, -0.05) is 12.8 Å². The van der Waals surface area contributed by atoms with E-state index in [1.807, 2.05) is 20.8 Å². The lowest BCUT2D eigenvalue weighted by molar-refractivity contribution is -0.0000785. The standard InChI is InChI=1S/C13H24N2O/c1-12(2,16-4)9-13(3,10-14)15-11-7-5-6-8-11/h11,15H,5-9H2,1-4H3. The summed E-state index contributed by atoms with van der Waals surface area (Å²) in [6.45, 7) is 6.03. The molecule has 0 amide bonds. The molecule has 1 N–H and O–H groups in total. The summed E-state index contributed by atoms with van der Waals surface area (Å²) in [7, 11) is 1.70. The lowest BCUT2D eigenvalue weighted by Gasteiger charge is -2.34. The number of nitrogens with zero attached hydrogens (tertiary/aromatic N) is 1. The molecule has 0 saturated heterocycles. The van der Waals surface area contributed by atoms with Crippen LogP contribution in [0.4, 0.5) is 0 Å². The van der Waals surface area contributed by atoms with Gasteiger partial charge in [0.05, 0.1) is 11.7 Å². The van der Waals surface area contributed by atoms with E-state index in [0.29, 0.717) is 12.5 Å².